The summed E-state index contributed by atoms with van der Waals surface area (Å²) in [5.41, 5.74) is -0.0629. The van der Waals surface area contributed by atoms with Crippen molar-refractivity contribution < 1.29 is 14.2 Å². The Bertz CT molecular complexity index is 677. The van der Waals surface area contributed by atoms with Gasteiger partial charge < -0.3 is 14.8 Å². The van der Waals surface area contributed by atoms with Crippen LogP contribution in [0, 0.1) is 0 Å². The lowest BCUT2D eigenvalue weighted by molar-refractivity contribution is -0.0174. The molecule has 0 fully saturated rings. The zero-order valence-electron chi connectivity index (χ0n) is 9.08. The first-order valence-corrected chi connectivity index (χ1v) is 5.24. The minimum Gasteiger partial charge on any atom is -0.393 e. The molecule has 94 valence electrons. The van der Waals surface area contributed by atoms with E-state index in [-0.39, 0.29) is 17.8 Å². The standard InChI is InChI=1S/C10H9FN4O3/c11-6-1-5(2-16)18-10(6)15-4-14-7-8(15)12-3-13-9(7)17/h1,3-5,10,16H,2H2,(H,12,13,17)/t5-,10-/m1/s1. The summed E-state index contributed by atoms with van der Waals surface area (Å²) < 4.78 is 20.3. The van der Waals surface area contributed by atoms with E-state index >= 15 is 0 Å². The monoisotopic (exact) mass is 252 g/mol. The van der Waals surface area contributed by atoms with E-state index in [0.717, 1.165) is 0 Å². The van der Waals surface area contributed by atoms with Crippen molar-refractivity contribution in [2.75, 3.05) is 6.61 Å². The lowest BCUT2D eigenvalue weighted by atomic mass is 10.3. The molecule has 0 amide bonds. The smallest absolute Gasteiger partial charge is 0.278 e. The molecule has 0 saturated carbocycles. The molecule has 0 bridgehead atoms. The van der Waals surface area contributed by atoms with Crippen LogP contribution in [-0.2, 0) is 4.74 Å². The summed E-state index contributed by atoms with van der Waals surface area (Å²) in [6.07, 6.45) is 1.94. The summed E-state index contributed by atoms with van der Waals surface area (Å²) in [4.78, 5) is 21.6. The van der Waals surface area contributed by atoms with Gasteiger partial charge in [-0.1, -0.05) is 0 Å². The molecule has 8 heteroatoms. The Balaban J connectivity index is 2.09. The fourth-order valence-electron chi connectivity index (χ4n) is 1.86. The Morgan fingerprint density at radius 2 is 2.39 bits per heavy atom. The van der Waals surface area contributed by atoms with Gasteiger partial charge in [-0.05, 0) is 6.08 Å². The van der Waals surface area contributed by atoms with Crippen molar-refractivity contribution in [3.63, 3.8) is 0 Å². The van der Waals surface area contributed by atoms with Gasteiger partial charge in [0, 0.05) is 0 Å². The predicted octanol–water partition coefficient (Wildman–Crippen LogP) is -0.137. The van der Waals surface area contributed by atoms with E-state index in [4.69, 9.17) is 9.84 Å². The van der Waals surface area contributed by atoms with Crippen LogP contribution < -0.4 is 5.56 Å². The number of hydrogen-bond donors (Lipinski definition) is 2. The largest absolute Gasteiger partial charge is 0.393 e. The summed E-state index contributed by atoms with van der Waals surface area (Å²) in [7, 11) is 0. The summed E-state index contributed by atoms with van der Waals surface area (Å²) in [6.45, 7) is -0.315. The number of aliphatic hydroxyl groups excluding tert-OH is 1. The highest BCUT2D eigenvalue weighted by molar-refractivity contribution is 5.69. The van der Waals surface area contributed by atoms with Crippen LogP contribution in [0.5, 0.6) is 0 Å². The second-order valence-corrected chi connectivity index (χ2v) is 3.82. The molecule has 2 N–H and O–H groups in total. The number of nitrogens with zero attached hydrogens (tertiary/aromatic N) is 3. The van der Waals surface area contributed by atoms with Crippen molar-refractivity contribution >= 4 is 11.2 Å². The second kappa shape index (κ2) is 4.00. The third kappa shape index (κ3) is 1.54. The van der Waals surface area contributed by atoms with E-state index in [9.17, 15) is 9.18 Å². The van der Waals surface area contributed by atoms with Gasteiger partial charge in [0.15, 0.2) is 17.4 Å². The van der Waals surface area contributed by atoms with Crippen LogP contribution in [0.15, 0.2) is 29.4 Å². The lowest BCUT2D eigenvalue weighted by Crippen LogP contribution is -2.16. The zero-order valence-corrected chi connectivity index (χ0v) is 9.08. The number of fused-ring (bicyclic) bond motifs is 1. The van der Waals surface area contributed by atoms with Crippen LogP contribution in [0.4, 0.5) is 4.39 Å². The number of aromatic amines is 1. The highest BCUT2D eigenvalue weighted by Crippen LogP contribution is 2.31. The van der Waals surface area contributed by atoms with Crippen LogP contribution in [0.2, 0.25) is 0 Å². The molecule has 1 aliphatic rings. The first kappa shape index (κ1) is 11.1. The number of aromatic nitrogens is 4. The Morgan fingerprint density at radius 3 is 3.11 bits per heavy atom. The van der Waals surface area contributed by atoms with E-state index in [0.29, 0.717) is 0 Å². The number of imidazole rings is 1. The second-order valence-electron chi connectivity index (χ2n) is 3.82. The average molecular weight is 252 g/mol. The number of nitrogens with one attached hydrogen (secondary N) is 1. The van der Waals surface area contributed by atoms with Gasteiger partial charge in [-0.2, -0.15) is 0 Å². The van der Waals surface area contributed by atoms with Gasteiger partial charge in [0.1, 0.15) is 11.9 Å². The quantitative estimate of drug-likeness (QED) is 0.776. The first-order valence-electron chi connectivity index (χ1n) is 5.24. The number of halogens is 1. The molecule has 0 spiro atoms. The third-order valence-electron chi connectivity index (χ3n) is 2.68. The number of rotatable bonds is 2. The summed E-state index contributed by atoms with van der Waals surface area (Å²) in [5, 5.41) is 8.92. The Morgan fingerprint density at radius 1 is 1.56 bits per heavy atom. The molecular weight excluding hydrogens is 243 g/mol. The number of ether oxygens (including phenoxy) is 1. The molecule has 1 aliphatic heterocycles. The van der Waals surface area contributed by atoms with Crippen LogP contribution in [0.1, 0.15) is 6.23 Å². The van der Waals surface area contributed by atoms with Crippen molar-refractivity contribution in [1.29, 1.82) is 0 Å². The Labute approximate surface area is 99.6 Å². The van der Waals surface area contributed by atoms with Crippen LogP contribution in [0.3, 0.4) is 0 Å². The molecule has 2 aromatic heterocycles. The predicted molar refractivity (Wildman–Crippen MR) is 58.3 cm³/mol. The van der Waals surface area contributed by atoms with E-state index in [1.165, 1.54) is 23.3 Å². The minimum atomic E-state index is -1.04. The molecule has 0 aliphatic carbocycles. The molecule has 2 aromatic rings. The summed E-state index contributed by atoms with van der Waals surface area (Å²) >= 11 is 0. The minimum absolute atomic E-state index is 0.112. The number of H-pyrrole nitrogens is 1. The van der Waals surface area contributed by atoms with Gasteiger partial charge in [-0.15, -0.1) is 0 Å². The highest BCUT2D eigenvalue weighted by atomic mass is 19.1. The van der Waals surface area contributed by atoms with Gasteiger partial charge in [0.2, 0.25) is 0 Å². The van der Waals surface area contributed by atoms with Crippen molar-refractivity contribution in [3.8, 4) is 0 Å². The van der Waals surface area contributed by atoms with E-state index in [1.54, 1.807) is 0 Å². The zero-order chi connectivity index (χ0) is 12.7. The summed E-state index contributed by atoms with van der Waals surface area (Å²) in [6, 6.07) is 0. The maximum Gasteiger partial charge on any atom is 0.278 e. The topological polar surface area (TPSA) is 93.0 Å². The van der Waals surface area contributed by atoms with Gasteiger partial charge in [0.05, 0.1) is 19.3 Å². The van der Waals surface area contributed by atoms with Crippen LogP contribution in [0.25, 0.3) is 11.2 Å². The lowest BCUT2D eigenvalue weighted by Gasteiger charge is -2.14. The van der Waals surface area contributed by atoms with Crippen molar-refractivity contribution in [1.82, 2.24) is 19.5 Å². The fourth-order valence-corrected chi connectivity index (χ4v) is 1.86. The normalized spacial score (nSPS) is 23.6. The Kier molecular flexibility index (Phi) is 2.46. The molecular formula is C10H9FN4O3. The van der Waals surface area contributed by atoms with Crippen LogP contribution >= 0.6 is 0 Å². The molecule has 0 unspecified atom stereocenters. The maximum atomic E-state index is 13.7. The van der Waals surface area contributed by atoms with Crippen molar-refractivity contribution in [3.05, 3.63) is 34.9 Å². The van der Waals surface area contributed by atoms with Crippen molar-refractivity contribution in [2.45, 2.75) is 12.3 Å². The Hall–Kier alpha value is -2.06. The molecule has 7 nitrogen and oxygen atoms in total. The maximum absolute atomic E-state index is 13.7. The molecule has 0 aromatic carbocycles. The van der Waals surface area contributed by atoms with Crippen molar-refractivity contribution in [2.24, 2.45) is 0 Å². The molecule has 3 heterocycles. The van der Waals surface area contributed by atoms with Gasteiger partial charge >= 0.3 is 0 Å². The molecule has 3 rings (SSSR count). The number of aliphatic hydroxyl groups is 1. The fraction of sp³-hybridized carbons (Fsp3) is 0.300. The summed E-state index contributed by atoms with van der Waals surface area (Å²) in [5.74, 6) is -0.546. The molecule has 0 saturated heterocycles. The first-order chi connectivity index (χ1) is 8.70. The third-order valence-corrected chi connectivity index (χ3v) is 2.68. The average Bonchev–Trinajstić information content (AvgIpc) is 2.93. The molecule has 18 heavy (non-hydrogen) atoms. The number of hydrogen-bond acceptors (Lipinski definition) is 5. The van der Waals surface area contributed by atoms with E-state index in [1.807, 2.05) is 0 Å². The van der Waals surface area contributed by atoms with Gasteiger partial charge in [-0.3, -0.25) is 9.36 Å². The SMILES string of the molecule is O=c1[nH]cnc2c1ncn2[C@@H]1O[C@@H](CO)C=C1F. The molecule has 0 radical (unpaired) electrons. The highest BCUT2D eigenvalue weighted by Gasteiger charge is 2.30. The van der Waals surface area contributed by atoms with E-state index in [2.05, 4.69) is 15.0 Å². The molecule has 2 atom stereocenters. The van der Waals surface area contributed by atoms with Crippen LogP contribution in [-0.4, -0.2) is 37.3 Å². The van der Waals surface area contributed by atoms with Gasteiger partial charge in [-0.25, -0.2) is 14.4 Å². The van der Waals surface area contributed by atoms with E-state index < -0.39 is 23.7 Å². The van der Waals surface area contributed by atoms with Gasteiger partial charge in [0.25, 0.3) is 5.56 Å².